The highest BCUT2D eigenvalue weighted by Crippen LogP contribution is 2.04. The van der Waals surface area contributed by atoms with Crippen LogP contribution in [0.1, 0.15) is 27.2 Å². The van der Waals surface area contributed by atoms with Crippen LogP contribution in [-0.2, 0) is 9.53 Å². The van der Waals surface area contributed by atoms with Crippen LogP contribution >= 0.6 is 0 Å². The van der Waals surface area contributed by atoms with Gasteiger partial charge >= 0.3 is 5.97 Å². The van der Waals surface area contributed by atoms with Crippen molar-refractivity contribution in [3.63, 3.8) is 0 Å². The fourth-order valence-corrected chi connectivity index (χ4v) is 1.09. The average molecular weight is 203 g/mol. The van der Waals surface area contributed by atoms with E-state index in [1.165, 1.54) is 7.11 Å². The fourth-order valence-electron chi connectivity index (χ4n) is 1.09. The van der Waals surface area contributed by atoms with Gasteiger partial charge in [-0.1, -0.05) is 6.92 Å². The van der Waals surface area contributed by atoms with Gasteiger partial charge in [0, 0.05) is 6.04 Å². The second kappa shape index (κ2) is 6.79. The SMILES string of the molecule is COC(=O)C(C)C(C)NCCC(C)O. The molecule has 0 spiro atoms. The number of rotatable bonds is 6. The van der Waals surface area contributed by atoms with Gasteiger partial charge in [-0.15, -0.1) is 0 Å². The molecule has 0 saturated heterocycles. The predicted octanol–water partition coefficient (Wildman–Crippen LogP) is 0.544. The molecule has 0 aromatic carbocycles. The van der Waals surface area contributed by atoms with Crippen LogP contribution in [0.5, 0.6) is 0 Å². The van der Waals surface area contributed by atoms with Crippen LogP contribution in [0.2, 0.25) is 0 Å². The van der Waals surface area contributed by atoms with E-state index in [0.717, 1.165) is 0 Å². The van der Waals surface area contributed by atoms with Crippen LogP contribution in [0.3, 0.4) is 0 Å². The van der Waals surface area contributed by atoms with Gasteiger partial charge in [0.1, 0.15) is 0 Å². The molecule has 2 N–H and O–H groups in total. The summed E-state index contributed by atoms with van der Waals surface area (Å²) in [5, 5.41) is 12.2. The molecule has 0 fully saturated rings. The third-order valence-corrected chi connectivity index (χ3v) is 2.35. The third kappa shape index (κ3) is 5.19. The van der Waals surface area contributed by atoms with Crippen LogP contribution in [0.25, 0.3) is 0 Å². The lowest BCUT2D eigenvalue weighted by Gasteiger charge is -2.19. The normalized spacial score (nSPS) is 17.2. The summed E-state index contributed by atoms with van der Waals surface area (Å²) in [5.41, 5.74) is 0. The monoisotopic (exact) mass is 203 g/mol. The van der Waals surface area contributed by atoms with Gasteiger partial charge in [0.25, 0.3) is 0 Å². The van der Waals surface area contributed by atoms with Crippen molar-refractivity contribution in [3.8, 4) is 0 Å². The van der Waals surface area contributed by atoms with Crippen LogP contribution in [0.4, 0.5) is 0 Å². The fraction of sp³-hybridized carbons (Fsp3) is 0.900. The maximum atomic E-state index is 11.1. The first-order valence-corrected chi connectivity index (χ1v) is 4.98. The molecule has 0 saturated carbocycles. The van der Waals surface area contributed by atoms with Gasteiger partial charge < -0.3 is 15.2 Å². The topological polar surface area (TPSA) is 58.6 Å². The van der Waals surface area contributed by atoms with E-state index >= 15 is 0 Å². The average Bonchev–Trinajstić information content (AvgIpc) is 2.14. The van der Waals surface area contributed by atoms with E-state index < -0.39 is 0 Å². The Morgan fingerprint density at radius 2 is 2.00 bits per heavy atom. The molecule has 14 heavy (non-hydrogen) atoms. The summed E-state index contributed by atoms with van der Waals surface area (Å²) in [5.74, 6) is -0.365. The Labute approximate surface area is 85.6 Å². The molecule has 0 aliphatic rings. The van der Waals surface area contributed by atoms with Crippen LogP contribution in [0.15, 0.2) is 0 Å². The lowest BCUT2D eigenvalue weighted by molar-refractivity contribution is -0.145. The van der Waals surface area contributed by atoms with Crippen LogP contribution in [-0.4, -0.2) is 36.9 Å². The number of hydrogen-bond donors (Lipinski definition) is 2. The van der Waals surface area contributed by atoms with E-state index in [4.69, 9.17) is 5.11 Å². The zero-order valence-corrected chi connectivity index (χ0v) is 9.41. The maximum absolute atomic E-state index is 11.1. The van der Waals surface area contributed by atoms with E-state index in [2.05, 4.69) is 10.1 Å². The number of aliphatic hydroxyl groups excluding tert-OH is 1. The standard InChI is InChI=1S/C10H21NO3/c1-7(12)5-6-11-9(3)8(2)10(13)14-4/h7-9,11-12H,5-6H2,1-4H3. The third-order valence-electron chi connectivity index (χ3n) is 2.35. The summed E-state index contributed by atoms with van der Waals surface area (Å²) >= 11 is 0. The Kier molecular flexibility index (Phi) is 6.49. The van der Waals surface area contributed by atoms with E-state index in [-0.39, 0.29) is 24.0 Å². The first-order valence-electron chi connectivity index (χ1n) is 4.98. The molecular weight excluding hydrogens is 182 g/mol. The number of ether oxygens (including phenoxy) is 1. The molecule has 84 valence electrons. The molecule has 0 heterocycles. The van der Waals surface area contributed by atoms with E-state index in [1.807, 2.05) is 13.8 Å². The summed E-state index contributed by atoms with van der Waals surface area (Å²) in [7, 11) is 1.39. The quantitative estimate of drug-likeness (QED) is 0.619. The Morgan fingerprint density at radius 3 is 2.43 bits per heavy atom. The number of esters is 1. The Bertz CT molecular complexity index is 171. The smallest absolute Gasteiger partial charge is 0.309 e. The molecule has 0 aromatic rings. The van der Waals surface area contributed by atoms with Gasteiger partial charge in [-0.2, -0.15) is 0 Å². The Balaban J connectivity index is 3.72. The second-order valence-electron chi connectivity index (χ2n) is 3.69. The number of aliphatic hydroxyl groups is 1. The molecule has 0 aromatic heterocycles. The van der Waals surface area contributed by atoms with Crippen molar-refractivity contribution in [3.05, 3.63) is 0 Å². The van der Waals surface area contributed by atoms with Gasteiger partial charge in [0.05, 0.1) is 19.1 Å². The predicted molar refractivity (Wildman–Crippen MR) is 54.9 cm³/mol. The van der Waals surface area contributed by atoms with Crippen molar-refractivity contribution < 1.29 is 14.6 Å². The maximum Gasteiger partial charge on any atom is 0.309 e. The number of hydrogen-bond acceptors (Lipinski definition) is 4. The first kappa shape index (κ1) is 13.4. The first-order chi connectivity index (χ1) is 6.49. The van der Waals surface area contributed by atoms with Gasteiger partial charge in [0.2, 0.25) is 0 Å². The molecule has 0 rings (SSSR count). The number of nitrogens with one attached hydrogen (secondary N) is 1. The minimum Gasteiger partial charge on any atom is -0.469 e. The highest BCUT2D eigenvalue weighted by atomic mass is 16.5. The summed E-state index contributed by atoms with van der Waals surface area (Å²) in [6.07, 6.45) is 0.390. The zero-order chi connectivity index (χ0) is 11.1. The molecule has 0 radical (unpaired) electrons. The summed E-state index contributed by atoms with van der Waals surface area (Å²) < 4.78 is 4.63. The van der Waals surface area contributed by atoms with Gasteiger partial charge in [0.15, 0.2) is 0 Å². The number of methoxy groups -OCH3 is 1. The van der Waals surface area contributed by atoms with Crippen molar-refractivity contribution in [2.45, 2.75) is 39.3 Å². The molecule has 0 aliphatic carbocycles. The van der Waals surface area contributed by atoms with Crippen molar-refractivity contribution >= 4 is 5.97 Å². The van der Waals surface area contributed by atoms with Gasteiger partial charge in [-0.05, 0) is 26.8 Å². The zero-order valence-electron chi connectivity index (χ0n) is 9.41. The number of carbonyl (C=O) groups is 1. The van der Waals surface area contributed by atoms with E-state index in [0.29, 0.717) is 13.0 Å². The van der Waals surface area contributed by atoms with E-state index in [1.54, 1.807) is 6.92 Å². The van der Waals surface area contributed by atoms with E-state index in [9.17, 15) is 4.79 Å². The van der Waals surface area contributed by atoms with Crippen LogP contribution in [0, 0.1) is 5.92 Å². The molecular formula is C10H21NO3. The molecule has 0 aliphatic heterocycles. The van der Waals surface area contributed by atoms with Crippen molar-refractivity contribution in [1.82, 2.24) is 5.32 Å². The van der Waals surface area contributed by atoms with Crippen molar-refractivity contribution in [2.24, 2.45) is 5.92 Å². The molecule has 0 bridgehead atoms. The molecule has 4 heteroatoms. The number of carbonyl (C=O) groups excluding carboxylic acids is 1. The Morgan fingerprint density at radius 1 is 1.43 bits per heavy atom. The van der Waals surface area contributed by atoms with Gasteiger partial charge in [-0.25, -0.2) is 0 Å². The molecule has 3 atom stereocenters. The lowest BCUT2D eigenvalue weighted by Crippen LogP contribution is -2.37. The highest BCUT2D eigenvalue weighted by molar-refractivity contribution is 5.72. The Hall–Kier alpha value is -0.610. The minimum atomic E-state index is -0.303. The molecule has 4 nitrogen and oxygen atoms in total. The highest BCUT2D eigenvalue weighted by Gasteiger charge is 2.19. The van der Waals surface area contributed by atoms with Crippen molar-refractivity contribution in [1.29, 1.82) is 0 Å². The summed E-state index contributed by atoms with van der Waals surface area (Å²) in [6, 6.07) is 0.0706. The summed E-state index contributed by atoms with van der Waals surface area (Å²) in [4.78, 5) is 11.1. The van der Waals surface area contributed by atoms with Gasteiger partial charge in [-0.3, -0.25) is 4.79 Å². The van der Waals surface area contributed by atoms with Crippen LogP contribution < -0.4 is 5.32 Å². The molecule has 0 amide bonds. The molecule has 3 unspecified atom stereocenters. The largest absolute Gasteiger partial charge is 0.469 e. The lowest BCUT2D eigenvalue weighted by atomic mass is 10.0. The minimum absolute atomic E-state index is 0.0706. The van der Waals surface area contributed by atoms with Crippen molar-refractivity contribution in [2.75, 3.05) is 13.7 Å². The second-order valence-corrected chi connectivity index (χ2v) is 3.69. The summed E-state index contributed by atoms with van der Waals surface area (Å²) in [6.45, 7) is 6.21.